The first-order chi connectivity index (χ1) is 7.66. The van der Waals surface area contributed by atoms with Crippen molar-refractivity contribution < 1.29 is 14.6 Å². The van der Waals surface area contributed by atoms with Gasteiger partial charge < -0.3 is 5.11 Å². The summed E-state index contributed by atoms with van der Waals surface area (Å²) in [6.45, 7) is 0.671. The second-order valence-electron chi connectivity index (χ2n) is 3.68. The van der Waals surface area contributed by atoms with E-state index in [4.69, 9.17) is 5.11 Å². The van der Waals surface area contributed by atoms with Gasteiger partial charge in [0.15, 0.2) is 7.05 Å². The first kappa shape index (κ1) is 10.4. The smallest absolute Gasteiger partial charge is 0.343 e. The lowest BCUT2D eigenvalue weighted by atomic mass is 10.2. The van der Waals surface area contributed by atoms with Crippen LogP contribution in [-0.2, 0) is 13.6 Å². The topological polar surface area (TPSA) is 46.1 Å². The molecule has 0 atom stereocenters. The van der Waals surface area contributed by atoms with Gasteiger partial charge in [-0.2, -0.15) is 4.68 Å². The number of carbonyl (C=O) groups is 1. The zero-order chi connectivity index (χ0) is 11.5. The third kappa shape index (κ3) is 2.11. The summed E-state index contributed by atoms with van der Waals surface area (Å²) in [6.07, 6.45) is 3.24. The molecule has 1 aromatic heterocycles. The van der Waals surface area contributed by atoms with Crippen LogP contribution in [0.5, 0.6) is 0 Å². The van der Waals surface area contributed by atoms with Gasteiger partial charge in [0.1, 0.15) is 12.1 Å². The van der Waals surface area contributed by atoms with Gasteiger partial charge in [0, 0.05) is 0 Å². The van der Waals surface area contributed by atoms with Gasteiger partial charge in [0.05, 0.1) is 6.20 Å². The van der Waals surface area contributed by atoms with Gasteiger partial charge in [0.2, 0.25) is 6.20 Å². The number of aromatic carboxylic acids is 1. The van der Waals surface area contributed by atoms with Crippen LogP contribution >= 0.6 is 0 Å². The highest BCUT2D eigenvalue weighted by atomic mass is 16.4. The molecular weight excluding hydrogens is 204 g/mol. The molecule has 0 aliphatic carbocycles. The molecule has 0 aliphatic heterocycles. The Morgan fingerprint density at radius 2 is 2.06 bits per heavy atom. The van der Waals surface area contributed by atoms with Crippen molar-refractivity contribution in [2.75, 3.05) is 0 Å². The van der Waals surface area contributed by atoms with Crippen molar-refractivity contribution in [1.29, 1.82) is 0 Å². The minimum atomic E-state index is -0.901. The summed E-state index contributed by atoms with van der Waals surface area (Å²) in [6, 6.07) is 9.93. The molecule has 0 aliphatic rings. The van der Waals surface area contributed by atoms with E-state index in [1.807, 2.05) is 42.1 Å². The first-order valence-electron chi connectivity index (χ1n) is 5.00. The normalized spacial score (nSPS) is 10.3. The number of carboxylic acid groups (broad SMARTS) is 1. The molecule has 0 saturated carbocycles. The molecule has 4 nitrogen and oxygen atoms in total. The maximum Gasteiger partial charge on any atom is 0.343 e. The zero-order valence-corrected chi connectivity index (χ0v) is 9.00. The molecule has 0 saturated heterocycles. The van der Waals surface area contributed by atoms with Crippen molar-refractivity contribution in [3.8, 4) is 0 Å². The van der Waals surface area contributed by atoms with Crippen LogP contribution in [0.15, 0.2) is 42.7 Å². The number of hydrogen-bond acceptors (Lipinski definition) is 1. The molecule has 0 bridgehead atoms. The van der Waals surface area contributed by atoms with E-state index in [9.17, 15) is 4.79 Å². The lowest BCUT2D eigenvalue weighted by Crippen LogP contribution is -2.38. The van der Waals surface area contributed by atoms with Crippen LogP contribution in [0.25, 0.3) is 0 Å². The molecule has 0 amide bonds. The van der Waals surface area contributed by atoms with Crippen LogP contribution in [0.2, 0.25) is 0 Å². The number of carboxylic acids is 1. The molecule has 1 aromatic carbocycles. The Kier molecular flexibility index (Phi) is 2.72. The fourth-order valence-corrected chi connectivity index (χ4v) is 1.60. The minimum Gasteiger partial charge on any atom is -0.477 e. The van der Waals surface area contributed by atoms with Crippen LogP contribution in [-0.4, -0.2) is 15.8 Å². The molecule has 1 N–H and O–H groups in total. The number of aromatic nitrogens is 2. The van der Waals surface area contributed by atoms with E-state index in [-0.39, 0.29) is 0 Å². The molecule has 2 aromatic rings. The summed E-state index contributed by atoms with van der Waals surface area (Å²) in [4.78, 5) is 10.8. The highest BCUT2D eigenvalue weighted by molar-refractivity contribution is 5.86. The van der Waals surface area contributed by atoms with E-state index >= 15 is 0 Å². The van der Waals surface area contributed by atoms with Gasteiger partial charge >= 0.3 is 5.97 Å². The molecule has 0 spiro atoms. The minimum absolute atomic E-state index is 0.304. The maximum absolute atomic E-state index is 10.8. The lowest BCUT2D eigenvalue weighted by Gasteiger charge is -1.99. The van der Waals surface area contributed by atoms with Gasteiger partial charge in [0.25, 0.3) is 0 Å². The van der Waals surface area contributed by atoms with Gasteiger partial charge in [-0.15, -0.1) is 4.68 Å². The summed E-state index contributed by atoms with van der Waals surface area (Å²) in [5, 5.41) is 8.86. The van der Waals surface area contributed by atoms with Crippen molar-refractivity contribution in [3.63, 3.8) is 0 Å². The first-order valence-corrected chi connectivity index (χ1v) is 5.00. The molecule has 16 heavy (non-hydrogen) atoms. The van der Waals surface area contributed by atoms with Crippen molar-refractivity contribution in [1.82, 2.24) is 4.68 Å². The van der Waals surface area contributed by atoms with Crippen LogP contribution < -0.4 is 4.68 Å². The fourth-order valence-electron chi connectivity index (χ4n) is 1.60. The van der Waals surface area contributed by atoms with E-state index < -0.39 is 5.97 Å². The van der Waals surface area contributed by atoms with Crippen LogP contribution in [0, 0.1) is 0 Å². The SMILES string of the molecule is C[n+]1cc(C(=O)O)cn1Cc1ccccc1. The van der Waals surface area contributed by atoms with E-state index in [1.165, 1.54) is 0 Å². The Morgan fingerprint density at radius 1 is 1.38 bits per heavy atom. The average Bonchev–Trinajstić information content (AvgIpc) is 2.62. The maximum atomic E-state index is 10.8. The molecule has 82 valence electrons. The third-order valence-electron chi connectivity index (χ3n) is 2.45. The predicted octanol–water partition coefficient (Wildman–Crippen LogP) is 1.06. The molecule has 0 unspecified atom stereocenters. The Bertz CT molecular complexity index is 503. The fraction of sp³-hybridized carbons (Fsp3) is 0.167. The van der Waals surface area contributed by atoms with E-state index in [2.05, 4.69) is 0 Å². The van der Waals surface area contributed by atoms with Crippen molar-refractivity contribution in [2.45, 2.75) is 6.54 Å². The Morgan fingerprint density at radius 3 is 2.62 bits per heavy atom. The van der Waals surface area contributed by atoms with Crippen molar-refractivity contribution in [3.05, 3.63) is 53.9 Å². The summed E-state index contributed by atoms with van der Waals surface area (Å²) in [5.41, 5.74) is 1.45. The quantitative estimate of drug-likeness (QED) is 0.781. The summed E-state index contributed by atoms with van der Waals surface area (Å²) >= 11 is 0. The van der Waals surface area contributed by atoms with E-state index in [1.54, 1.807) is 17.1 Å². The van der Waals surface area contributed by atoms with Crippen LogP contribution in [0.1, 0.15) is 15.9 Å². The molecule has 2 rings (SSSR count). The number of rotatable bonds is 3. The Balaban J connectivity index is 2.25. The van der Waals surface area contributed by atoms with Gasteiger partial charge in [-0.3, -0.25) is 0 Å². The van der Waals surface area contributed by atoms with E-state index in [0.717, 1.165) is 5.56 Å². The molecule has 1 heterocycles. The van der Waals surface area contributed by atoms with Crippen LogP contribution in [0.4, 0.5) is 0 Å². The van der Waals surface area contributed by atoms with Gasteiger partial charge in [-0.25, -0.2) is 4.79 Å². The largest absolute Gasteiger partial charge is 0.477 e. The molecule has 0 radical (unpaired) electrons. The predicted molar refractivity (Wildman–Crippen MR) is 58.1 cm³/mol. The third-order valence-corrected chi connectivity index (χ3v) is 2.45. The van der Waals surface area contributed by atoms with Gasteiger partial charge in [-0.1, -0.05) is 30.3 Å². The standard InChI is InChI=1S/C12H12N2O2/c1-13-8-11(12(15)16)9-14(13)7-10-5-3-2-4-6-10/h2-6,8-9H,7H2,1H3/p+1. The van der Waals surface area contributed by atoms with Crippen LogP contribution in [0.3, 0.4) is 0 Å². The Hall–Kier alpha value is -2.10. The van der Waals surface area contributed by atoms with Crippen molar-refractivity contribution >= 4 is 5.97 Å². The van der Waals surface area contributed by atoms with Crippen molar-refractivity contribution in [2.24, 2.45) is 7.05 Å². The zero-order valence-electron chi connectivity index (χ0n) is 9.00. The summed E-state index contributed by atoms with van der Waals surface area (Å²) < 4.78 is 3.63. The number of nitrogens with zero attached hydrogens (tertiary/aromatic N) is 2. The lowest BCUT2D eigenvalue weighted by molar-refractivity contribution is -0.752. The summed E-state index contributed by atoms with van der Waals surface area (Å²) in [5.74, 6) is -0.901. The monoisotopic (exact) mass is 217 g/mol. The second kappa shape index (κ2) is 4.18. The number of benzene rings is 1. The number of hydrogen-bond donors (Lipinski definition) is 1. The highest BCUT2D eigenvalue weighted by Gasteiger charge is 2.14. The summed E-state index contributed by atoms with van der Waals surface area (Å²) in [7, 11) is 1.83. The molecular formula is C12H13N2O2+. The second-order valence-corrected chi connectivity index (χ2v) is 3.68. The molecule has 0 fully saturated rings. The van der Waals surface area contributed by atoms with E-state index in [0.29, 0.717) is 12.1 Å². The van der Waals surface area contributed by atoms with Gasteiger partial charge in [-0.05, 0) is 5.56 Å². The number of aryl methyl sites for hydroxylation is 1. The average molecular weight is 217 g/mol. The molecule has 4 heteroatoms. The highest BCUT2D eigenvalue weighted by Crippen LogP contribution is 2.02. The Labute approximate surface area is 93.4 Å².